The summed E-state index contributed by atoms with van der Waals surface area (Å²) in [6.07, 6.45) is 2.09. The van der Waals surface area contributed by atoms with Crippen LogP contribution in [-0.4, -0.2) is 39.1 Å². The Morgan fingerprint density at radius 3 is 2.62 bits per heavy atom. The molecule has 1 aliphatic heterocycles. The van der Waals surface area contributed by atoms with Crippen molar-refractivity contribution < 1.29 is 14.7 Å². The van der Waals surface area contributed by atoms with E-state index in [-0.39, 0.29) is 11.3 Å². The first-order valence-corrected chi connectivity index (χ1v) is 8.13. The Labute approximate surface area is 131 Å². The van der Waals surface area contributed by atoms with Crippen molar-refractivity contribution in [2.24, 2.45) is 5.92 Å². The molecule has 5 nitrogen and oxygen atoms in total. The number of carboxylic acids is 1. The number of hydrogen-bond donors (Lipinski definition) is 2. The number of carbonyl (C=O) groups excluding carboxylic acids is 1. The zero-order chi connectivity index (χ0) is 15.1. The molecule has 1 saturated carbocycles. The standard InChI is InChI=1S/C14H15ClN2O3S/c15-9-3-8(4-10(16)5-9)12(18)17-11(14(19)20)6-21-13(17)7-1-2-7/h3-5,7,11,13H,1-2,6,16H2,(H,19,20). The zero-order valence-electron chi connectivity index (χ0n) is 11.2. The van der Waals surface area contributed by atoms with E-state index < -0.39 is 12.0 Å². The number of nitrogen functional groups attached to an aromatic ring is 1. The average Bonchev–Trinajstić information content (AvgIpc) is 3.15. The molecule has 0 spiro atoms. The minimum absolute atomic E-state index is 0.0567. The van der Waals surface area contributed by atoms with Gasteiger partial charge in [0, 0.05) is 22.0 Å². The van der Waals surface area contributed by atoms with Crippen LogP contribution in [0.4, 0.5) is 5.69 Å². The predicted octanol–water partition coefficient (Wildman–Crippen LogP) is 2.30. The van der Waals surface area contributed by atoms with Crippen LogP contribution < -0.4 is 5.73 Å². The van der Waals surface area contributed by atoms with E-state index in [1.807, 2.05) is 0 Å². The molecular formula is C14H15ClN2O3S. The van der Waals surface area contributed by atoms with E-state index in [0.717, 1.165) is 12.8 Å². The molecule has 2 unspecified atom stereocenters. The molecule has 7 heteroatoms. The van der Waals surface area contributed by atoms with Gasteiger partial charge in [-0.2, -0.15) is 0 Å². The fourth-order valence-corrected chi connectivity index (χ4v) is 4.48. The van der Waals surface area contributed by atoms with Gasteiger partial charge in [0.05, 0.1) is 5.37 Å². The molecule has 1 heterocycles. The van der Waals surface area contributed by atoms with Crippen molar-refractivity contribution >= 4 is 40.9 Å². The van der Waals surface area contributed by atoms with E-state index in [1.165, 1.54) is 11.0 Å². The molecule has 3 rings (SSSR count). The lowest BCUT2D eigenvalue weighted by molar-refractivity contribution is -0.141. The third kappa shape index (κ3) is 2.82. The minimum Gasteiger partial charge on any atom is -0.480 e. The molecule has 0 radical (unpaired) electrons. The lowest BCUT2D eigenvalue weighted by Crippen LogP contribution is -2.46. The summed E-state index contributed by atoms with van der Waals surface area (Å²) in [4.78, 5) is 25.7. The maximum absolute atomic E-state index is 12.7. The van der Waals surface area contributed by atoms with Crippen LogP contribution in [0.1, 0.15) is 23.2 Å². The van der Waals surface area contributed by atoms with Crippen molar-refractivity contribution in [3.05, 3.63) is 28.8 Å². The number of anilines is 1. The Kier molecular flexibility index (Phi) is 3.75. The van der Waals surface area contributed by atoms with Crippen LogP contribution in [0, 0.1) is 5.92 Å². The maximum atomic E-state index is 12.7. The molecule has 0 aromatic heterocycles. The van der Waals surface area contributed by atoms with Gasteiger partial charge in [-0.3, -0.25) is 4.79 Å². The number of hydrogen-bond acceptors (Lipinski definition) is 4. The van der Waals surface area contributed by atoms with Gasteiger partial charge in [-0.15, -0.1) is 11.8 Å². The zero-order valence-corrected chi connectivity index (χ0v) is 12.7. The number of thioether (sulfide) groups is 1. The van der Waals surface area contributed by atoms with Crippen molar-refractivity contribution in [1.29, 1.82) is 0 Å². The van der Waals surface area contributed by atoms with Crippen molar-refractivity contribution in [3.8, 4) is 0 Å². The largest absolute Gasteiger partial charge is 0.480 e. The van der Waals surface area contributed by atoms with Crippen LogP contribution in [0.15, 0.2) is 18.2 Å². The van der Waals surface area contributed by atoms with Crippen LogP contribution in [0.5, 0.6) is 0 Å². The highest BCUT2D eigenvalue weighted by Crippen LogP contribution is 2.46. The lowest BCUT2D eigenvalue weighted by atomic mass is 10.1. The number of carboxylic acid groups (broad SMARTS) is 1. The highest BCUT2D eigenvalue weighted by atomic mass is 35.5. The Balaban J connectivity index is 1.93. The normalized spacial score (nSPS) is 25.1. The Morgan fingerprint density at radius 2 is 2.05 bits per heavy atom. The molecule has 21 heavy (non-hydrogen) atoms. The maximum Gasteiger partial charge on any atom is 0.327 e. The van der Waals surface area contributed by atoms with Crippen LogP contribution in [-0.2, 0) is 4.79 Å². The summed E-state index contributed by atoms with van der Waals surface area (Å²) >= 11 is 7.49. The highest BCUT2D eigenvalue weighted by Gasteiger charge is 2.48. The number of aliphatic carboxylic acids is 1. The number of benzene rings is 1. The first-order valence-electron chi connectivity index (χ1n) is 6.70. The number of amides is 1. The molecule has 2 fully saturated rings. The first kappa shape index (κ1) is 14.5. The van der Waals surface area contributed by atoms with E-state index in [9.17, 15) is 14.7 Å². The Morgan fingerprint density at radius 1 is 1.33 bits per heavy atom. The van der Waals surface area contributed by atoms with E-state index in [4.69, 9.17) is 17.3 Å². The fraction of sp³-hybridized carbons (Fsp3) is 0.429. The quantitative estimate of drug-likeness (QED) is 0.833. The molecule has 1 amide bonds. The summed E-state index contributed by atoms with van der Waals surface area (Å²) < 4.78 is 0. The second kappa shape index (κ2) is 5.42. The molecule has 2 aliphatic rings. The SMILES string of the molecule is Nc1cc(Cl)cc(C(=O)N2C(C(=O)O)CSC2C2CC2)c1. The van der Waals surface area contributed by atoms with E-state index in [0.29, 0.717) is 27.9 Å². The van der Waals surface area contributed by atoms with Crippen LogP contribution in [0.25, 0.3) is 0 Å². The third-order valence-corrected chi connectivity index (χ3v) is 5.43. The summed E-state index contributed by atoms with van der Waals surface area (Å²) in [5, 5.41) is 9.67. The lowest BCUT2D eigenvalue weighted by Gasteiger charge is -2.27. The van der Waals surface area contributed by atoms with Crippen molar-refractivity contribution in [1.82, 2.24) is 4.90 Å². The summed E-state index contributed by atoms with van der Waals surface area (Å²) in [6.45, 7) is 0. The topological polar surface area (TPSA) is 83.6 Å². The highest BCUT2D eigenvalue weighted by molar-refractivity contribution is 8.00. The van der Waals surface area contributed by atoms with Crippen molar-refractivity contribution in [2.45, 2.75) is 24.3 Å². The summed E-state index contributed by atoms with van der Waals surface area (Å²) in [5.74, 6) is -0.439. The van der Waals surface area contributed by atoms with E-state index in [1.54, 1.807) is 23.9 Å². The summed E-state index contributed by atoms with van der Waals surface area (Å²) in [7, 11) is 0. The predicted molar refractivity (Wildman–Crippen MR) is 82.4 cm³/mol. The van der Waals surface area contributed by atoms with Crippen molar-refractivity contribution in [3.63, 3.8) is 0 Å². The second-order valence-corrected chi connectivity index (χ2v) is 6.99. The molecule has 1 saturated heterocycles. The van der Waals surface area contributed by atoms with Gasteiger partial charge < -0.3 is 15.7 Å². The van der Waals surface area contributed by atoms with Crippen molar-refractivity contribution in [2.75, 3.05) is 11.5 Å². The summed E-state index contributed by atoms with van der Waals surface area (Å²) in [6, 6.07) is 3.85. The molecular weight excluding hydrogens is 312 g/mol. The van der Waals surface area contributed by atoms with Crippen LogP contribution in [0.2, 0.25) is 5.02 Å². The van der Waals surface area contributed by atoms with Gasteiger partial charge in [0.25, 0.3) is 5.91 Å². The monoisotopic (exact) mass is 326 g/mol. The smallest absolute Gasteiger partial charge is 0.327 e. The number of carbonyl (C=O) groups is 2. The molecule has 1 aliphatic carbocycles. The molecule has 3 N–H and O–H groups in total. The van der Waals surface area contributed by atoms with Gasteiger partial charge in [-0.05, 0) is 37.0 Å². The van der Waals surface area contributed by atoms with Gasteiger partial charge in [0.15, 0.2) is 0 Å². The first-order chi connectivity index (χ1) is 9.97. The van der Waals surface area contributed by atoms with Gasteiger partial charge >= 0.3 is 5.97 Å². The minimum atomic E-state index is -0.964. The molecule has 1 aromatic carbocycles. The Bertz CT molecular complexity index is 586. The van der Waals surface area contributed by atoms with E-state index >= 15 is 0 Å². The third-order valence-electron chi connectivity index (χ3n) is 3.75. The average molecular weight is 327 g/mol. The van der Waals surface area contributed by atoms with Gasteiger partial charge in [-0.1, -0.05) is 11.6 Å². The summed E-state index contributed by atoms with van der Waals surface area (Å²) in [5.41, 5.74) is 6.46. The molecule has 0 bridgehead atoms. The van der Waals surface area contributed by atoms with Gasteiger partial charge in [0.2, 0.25) is 0 Å². The second-order valence-electron chi connectivity index (χ2n) is 5.40. The number of rotatable bonds is 3. The van der Waals surface area contributed by atoms with Crippen LogP contribution in [0.3, 0.4) is 0 Å². The van der Waals surface area contributed by atoms with Crippen LogP contribution >= 0.6 is 23.4 Å². The number of nitrogens with zero attached hydrogens (tertiary/aromatic N) is 1. The van der Waals surface area contributed by atoms with E-state index in [2.05, 4.69) is 0 Å². The number of nitrogens with two attached hydrogens (primary N) is 1. The Hall–Kier alpha value is -1.40. The fourth-order valence-electron chi connectivity index (χ4n) is 2.60. The molecule has 1 aromatic rings. The number of halogens is 1. The molecule has 2 atom stereocenters. The van der Waals surface area contributed by atoms with Gasteiger partial charge in [0.1, 0.15) is 6.04 Å². The molecule has 112 valence electrons. The van der Waals surface area contributed by atoms with Gasteiger partial charge in [-0.25, -0.2) is 4.79 Å².